The zero-order valence-corrected chi connectivity index (χ0v) is 15.5. The zero-order valence-electron chi connectivity index (χ0n) is 14.7. The van der Waals surface area contributed by atoms with Crippen molar-refractivity contribution in [2.24, 2.45) is 23.5 Å². The van der Waals surface area contributed by atoms with E-state index < -0.39 is 0 Å². The first-order valence-corrected chi connectivity index (χ1v) is 9.42. The first-order chi connectivity index (χ1) is 11.1. The number of carbonyl (C=O) groups is 2. The molecule has 3 unspecified atom stereocenters. The first kappa shape index (κ1) is 19.5. The topological polar surface area (TPSA) is 75.4 Å². The van der Waals surface area contributed by atoms with Crippen LogP contribution in [0.2, 0.25) is 0 Å². The molecule has 0 aromatic carbocycles. The molecule has 0 radical (unpaired) electrons. The molecule has 1 heterocycles. The largest absolute Gasteiger partial charge is 0.352 e. The molecule has 3 fully saturated rings. The summed E-state index contributed by atoms with van der Waals surface area (Å²) in [7, 11) is 0. The summed E-state index contributed by atoms with van der Waals surface area (Å²) in [6.07, 6.45) is 8.08. The van der Waals surface area contributed by atoms with Gasteiger partial charge in [-0.1, -0.05) is 13.3 Å². The summed E-state index contributed by atoms with van der Waals surface area (Å²) in [5.74, 6) is 1.63. The molecule has 24 heavy (non-hydrogen) atoms. The number of fused-ring (bicyclic) bond motifs is 2. The minimum atomic E-state index is 0. The van der Waals surface area contributed by atoms with E-state index in [-0.39, 0.29) is 30.3 Å². The summed E-state index contributed by atoms with van der Waals surface area (Å²) in [5.41, 5.74) is 6.34. The van der Waals surface area contributed by atoms with E-state index in [4.69, 9.17) is 5.73 Å². The van der Waals surface area contributed by atoms with Gasteiger partial charge in [0, 0.05) is 37.5 Å². The van der Waals surface area contributed by atoms with Crippen molar-refractivity contribution in [3.05, 3.63) is 0 Å². The fraction of sp³-hybridized carbons (Fsp3) is 0.889. The second kappa shape index (κ2) is 8.52. The molecule has 5 nitrogen and oxygen atoms in total. The minimum Gasteiger partial charge on any atom is -0.352 e. The van der Waals surface area contributed by atoms with Gasteiger partial charge >= 0.3 is 0 Å². The van der Waals surface area contributed by atoms with Gasteiger partial charge in [0.1, 0.15) is 0 Å². The fourth-order valence-electron chi connectivity index (χ4n) is 4.87. The SMILES string of the molecule is CCC(=O)NC1CCCN(C(=O)C2CC3CCCC(C2)C3N)C1.Cl. The number of nitrogens with zero attached hydrogens (tertiary/aromatic N) is 1. The van der Waals surface area contributed by atoms with Gasteiger partial charge in [-0.25, -0.2) is 0 Å². The van der Waals surface area contributed by atoms with Crippen LogP contribution in [0.5, 0.6) is 0 Å². The Labute approximate surface area is 151 Å². The summed E-state index contributed by atoms with van der Waals surface area (Å²) in [5, 5.41) is 3.05. The van der Waals surface area contributed by atoms with Gasteiger partial charge in [0.2, 0.25) is 11.8 Å². The Morgan fingerprint density at radius 2 is 1.79 bits per heavy atom. The van der Waals surface area contributed by atoms with E-state index in [1.165, 1.54) is 19.3 Å². The van der Waals surface area contributed by atoms with E-state index in [0.29, 0.717) is 36.8 Å². The number of nitrogens with one attached hydrogen (secondary N) is 1. The van der Waals surface area contributed by atoms with Gasteiger partial charge in [0.15, 0.2) is 0 Å². The highest BCUT2D eigenvalue weighted by molar-refractivity contribution is 5.85. The maximum Gasteiger partial charge on any atom is 0.225 e. The lowest BCUT2D eigenvalue weighted by Gasteiger charge is -2.45. The molecular weight excluding hydrogens is 326 g/mol. The van der Waals surface area contributed by atoms with E-state index >= 15 is 0 Å². The molecule has 2 saturated carbocycles. The Kier molecular flexibility index (Phi) is 6.93. The van der Waals surface area contributed by atoms with Crippen molar-refractivity contribution >= 4 is 24.2 Å². The van der Waals surface area contributed by atoms with Crippen molar-refractivity contribution in [3.63, 3.8) is 0 Å². The van der Waals surface area contributed by atoms with E-state index in [1.807, 2.05) is 11.8 Å². The first-order valence-electron chi connectivity index (χ1n) is 9.42. The smallest absolute Gasteiger partial charge is 0.225 e. The molecule has 0 aromatic heterocycles. The molecule has 0 aromatic rings. The molecule has 138 valence electrons. The molecule has 1 aliphatic heterocycles. The van der Waals surface area contributed by atoms with Crippen LogP contribution in [0.4, 0.5) is 0 Å². The normalized spacial score (nSPS) is 35.8. The Bertz CT molecular complexity index is 446. The number of nitrogens with two attached hydrogens (primary N) is 1. The molecule has 3 atom stereocenters. The average Bonchev–Trinajstić information content (AvgIpc) is 2.54. The monoisotopic (exact) mass is 357 g/mol. The highest BCUT2D eigenvalue weighted by Crippen LogP contribution is 2.42. The van der Waals surface area contributed by atoms with E-state index in [2.05, 4.69) is 5.32 Å². The molecule has 3 aliphatic rings. The van der Waals surface area contributed by atoms with Crippen LogP contribution in [0, 0.1) is 17.8 Å². The third-order valence-corrected chi connectivity index (χ3v) is 6.18. The van der Waals surface area contributed by atoms with Crippen molar-refractivity contribution in [2.45, 2.75) is 70.4 Å². The van der Waals surface area contributed by atoms with E-state index in [0.717, 1.165) is 32.2 Å². The Hall–Kier alpha value is -0.810. The summed E-state index contributed by atoms with van der Waals surface area (Å²) >= 11 is 0. The van der Waals surface area contributed by atoms with Crippen LogP contribution in [0.3, 0.4) is 0 Å². The quantitative estimate of drug-likeness (QED) is 0.812. The van der Waals surface area contributed by atoms with E-state index in [9.17, 15) is 9.59 Å². The predicted molar refractivity (Wildman–Crippen MR) is 96.8 cm³/mol. The molecule has 2 aliphatic carbocycles. The number of rotatable bonds is 3. The molecule has 1 saturated heterocycles. The predicted octanol–water partition coefficient (Wildman–Crippen LogP) is 2.08. The lowest BCUT2D eigenvalue weighted by molar-refractivity contribution is -0.140. The molecule has 2 amide bonds. The molecule has 2 bridgehead atoms. The van der Waals surface area contributed by atoms with Crippen LogP contribution < -0.4 is 11.1 Å². The van der Waals surface area contributed by atoms with Crippen LogP contribution in [-0.4, -0.2) is 41.9 Å². The second-order valence-electron chi connectivity index (χ2n) is 7.74. The molecule has 3 N–H and O–H groups in total. The third kappa shape index (κ3) is 4.23. The number of halogens is 1. The van der Waals surface area contributed by atoms with Gasteiger partial charge < -0.3 is 16.0 Å². The van der Waals surface area contributed by atoms with Crippen LogP contribution in [-0.2, 0) is 9.59 Å². The van der Waals surface area contributed by atoms with Gasteiger partial charge in [-0.15, -0.1) is 12.4 Å². The Morgan fingerprint density at radius 1 is 1.12 bits per heavy atom. The van der Waals surface area contributed by atoms with Gasteiger partial charge in [0.25, 0.3) is 0 Å². The Morgan fingerprint density at radius 3 is 2.42 bits per heavy atom. The second-order valence-corrected chi connectivity index (χ2v) is 7.74. The van der Waals surface area contributed by atoms with Gasteiger partial charge in [-0.05, 0) is 50.4 Å². The summed E-state index contributed by atoms with van der Waals surface area (Å²) in [6.45, 7) is 3.39. The minimum absolute atomic E-state index is 0. The zero-order chi connectivity index (χ0) is 16.4. The summed E-state index contributed by atoms with van der Waals surface area (Å²) in [4.78, 5) is 26.6. The molecule has 3 rings (SSSR count). The standard InChI is InChI=1S/C18H31N3O2.ClH/c1-2-16(22)20-15-7-4-8-21(11-15)18(23)14-9-12-5-3-6-13(10-14)17(12)19;/h12-15,17H,2-11,19H2,1H3,(H,20,22);1H. The summed E-state index contributed by atoms with van der Waals surface area (Å²) < 4.78 is 0. The Balaban J connectivity index is 0.00000208. The van der Waals surface area contributed by atoms with Crippen LogP contribution in [0.25, 0.3) is 0 Å². The van der Waals surface area contributed by atoms with Gasteiger partial charge in [-0.2, -0.15) is 0 Å². The number of likely N-dealkylation sites (tertiary alicyclic amines) is 1. The number of carbonyl (C=O) groups excluding carboxylic acids is 2. The van der Waals surface area contributed by atoms with Crippen molar-refractivity contribution in [1.82, 2.24) is 10.2 Å². The van der Waals surface area contributed by atoms with E-state index in [1.54, 1.807) is 0 Å². The van der Waals surface area contributed by atoms with Crippen LogP contribution in [0.1, 0.15) is 58.3 Å². The lowest BCUT2D eigenvalue weighted by Crippen LogP contribution is -2.53. The number of hydrogen-bond acceptors (Lipinski definition) is 3. The van der Waals surface area contributed by atoms with Crippen molar-refractivity contribution < 1.29 is 9.59 Å². The molecular formula is C18H32ClN3O2. The van der Waals surface area contributed by atoms with Crippen molar-refractivity contribution in [3.8, 4) is 0 Å². The fourth-order valence-corrected chi connectivity index (χ4v) is 4.87. The lowest BCUT2D eigenvalue weighted by atomic mass is 9.65. The number of hydrogen-bond donors (Lipinski definition) is 2. The average molecular weight is 358 g/mol. The van der Waals surface area contributed by atoms with Crippen molar-refractivity contribution in [2.75, 3.05) is 13.1 Å². The highest BCUT2D eigenvalue weighted by atomic mass is 35.5. The molecule has 0 spiro atoms. The molecule has 6 heteroatoms. The third-order valence-electron chi connectivity index (χ3n) is 6.18. The van der Waals surface area contributed by atoms with Crippen LogP contribution >= 0.6 is 12.4 Å². The maximum absolute atomic E-state index is 13.0. The van der Waals surface area contributed by atoms with Gasteiger partial charge in [-0.3, -0.25) is 9.59 Å². The highest BCUT2D eigenvalue weighted by Gasteiger charge is 2.42. The number of amides is 2. The summed E-state index contributed by atoms with van der Waals surface area (Å²) in [6, 6.07) is 0.441. The number of piperidine rings is 1. The van der Waals surface area contributed by atoms with Crippen LogP contribution in [0.15, 0.2) is 0 Å². The maximum atomic E-state index is 13.0. The van der Waals surface area contributed by atoms with Gasteiger partial charge in [0.05, 0.1) is 0 Å². The van der Waals surface area contributed by atoms with Crippen molar-refractivity contribution in [1.29, 1.82) is 0 Å².